The minimum absolute atomic E-state index is 0.0205. The number of carbonyl (C=O) groups excluding carboxylic acids is 1. The molecule has 2 aromatic rings. The van der Waals surface area contributed by atoms with Gasteiger partial charge in [0.1, 0.15) is 36.6 Å². The number of carbonyl (C=O) groups is 1. The van der Waals surface area contributed by atoms with E-state index in [0.29, 0.717) is 23.6 Å². The lowest BCUT2D eigenvalue weighted by molar-refractivity contribution is 0.0996. The fraction of sp³-hybridized carbons (Fsp3) is 0.350. The molecule has 0 aliphatic heterocycles. The van der Waals surface area contributed by atoms with E-state index >= 15 is 0 Å². The summed E-state index contributed by atoms with van der Waals surface area (Å²) in [5, 5.41) is 22.5. The number of hydrogen-bond donors (Lipinski definition) is 4. The third-order valence-electron chi connectivity index (χ3n) is 4.15. The average Bonchev–Trinajstić information content (AvgIpc) is 2.66. The Bertz CT molecular complexity index is 993. The van der Waals surface area contributed by atoms with Crippen LogP contribution in [-0.2, 0) is 9.84 Å². The summed E-state index contributed by atoms with van der Waals surface area (Å²) in [6, 6.07) is 8.85. The van der Waals surface area contributed by atoms with Crippen LogP contribution in [0.4, 0.5) is 0 Å². The molecule has 0 aromatic heterocycles. The van der Waals surface area contributed by atoms with E-state index in [9.17, 15) is 23.4 Å². The number of ether oxygens (including phenoxy) is 2. The molecule has 0 fully saturated rings. The van der Waals surface area contributed by atoms with Gasteiger partial charge in [0.25, 0.3) is 5.91 Å². The van der Waals surface area contributed by atoms with Crippen molar-refractivity contribution < 1.29 is 32.9 Å². The number of nitrogens with two attached hydrogens (primary N) is 1. The number of aliphatic hydroxyl groups excluding tert-OH is 1. The van der Waals surface area contributed by atoms with E-state index < -0.39 is 21.8 Å². The highest BCUT2D eigenvalue weighted by Crippen LogP contribution is 2.23. The first-order valence-corrected chi connectivity index (χ1v) is 11.0. The van der Waals surface area contributed by atoms with Gasteiger partial charge in [-0.1, -0.05) is 0 Å². The Labute approximate surface area is 175 Å². The van der Waals surface area contributed by atoms with Crippen molar-refractivity contribution in [3.05, 3.63) is 47.5 Å². The van der Waals surface area contributed by atoms with Gasteiger partial charge in [0.2, 0.25) is 0 Å². The third kappa shape index (κ3) is 6.90. The largest absolute Gasteiger partial charge is 0.507 e. The van der Waals surface area contributed by atoms with Crippen LogP contribution in [-0.4, -0.2) is 63.2 Å². The van der Waals surface area contributed by atoms with Gasteiger partial charge in [-0.3, -0.25) is 4.79 Å². The van der Waals surface area contributed by atoms with Gasteiger partial charge in [0.05, 0.1) is 10.5 Å². The van der Waals surface area contributed by atoms with Crippen LogP contribution in [0.5, 0.6) is 17.2 Å². The van der Waals surface area contributed by atoms with Crippen LogP contribution in [0.2, 0.25) is 0 Å². The highest BCUT2D eigenvalue weighted by atomic mass is 32.2. The maximum absolute atomic E-state index is 11.6. The highest BCUT2D eigenvalue weighted by molar-refractivity contribution is 7.90. The quantitative estimate of drug-likeness (QED) is 0.373. The molecule has 0 saturated heterocycles. The monoisotopic (exact) mass is 438 g/mol. The Morgan fingerprint density at radius 2 is 1.83 bits per heavy atom. The topological polar surface area (TPSA) is 148 Å². The van der Waals surface area contributed by atoms with Crippen LogP contribution in [0.25, 0.3) is 0 Å². The fourth-order valence-electron chi connectivity index (χ4n) is 2.69. The Hall–Kier alpha value is -2.82. The Morgan fingerprint density at radius 3 is 2.47 bits per heavy atom. The minimum Gasteiger partial charge on any atom is -0.507 e. The number of primary amides is 1. The molecule has 2 aromatic carbocycles. The number of aryl methyl sites for hydroxylation is 1. The van der Waals surface area contributed by atoms with Gasteiger partial charge in [-0.2, -0.15) is 0 Å². The Morgan fingerprint density at radius 1 is 1.17 bits per heavy atom. The SMILES string of the molecule is Cc1cc(OCC(O)CNCCOc2ccc(O)c(C(N)=O)c2)ccc1S(C)(=O)=O. The van der Waals surface area contributed by atoms with Crippen molar-refractivity contribution in [2.24, 2.45) is 5.73 Å². The molecule has 1 atom stereocenters. The van der Waals surface area contributed by atoms with Crippen LogP contribution in [0, 0.1) is 6.92 Å². The Kier molecular flexibility index (Phi) is 8.04. The second-order valence-corrected chi connectivity index (χ2v) is 8.74. The van der Waals surface area contributed by atoms with E-state index in [1.165, 1.54) is 24.3 Å². The first-order valence-electron chi connectivity index (χ1n) is 9.16. The van der Waals surface area contributed by atoms with Crippen LogP contribution >= 0.6 is 0 Å². The van der Waals surface area contributed by atoms with Crippen LogP contribution in [0.1, 0.15) is 15.9 Å². The molecule has 0 aliphatic rings. The summed E-state index contributed by atoms with van der Waals surface area (Å²) in [6.07, 6.45) is 0.364. The summed E-state index contributed by atoms with van der Waals surface area (Å²) >= 11 is 0. The Balaban J connectivity index is 1.71. The smallest absolute Gasteiger partial charge is 0.252 e. The number of rotatable bonds is 11. The number of aromatic hydroxyl groups is 1. The zero-order valence-corrected chi connectivity index (χ0v) is 17.6. The zero-order valence-electron chi connectivity index (χ0n) is 16.8. The van der Waals surface area contributed by atoms with Crippen LogP contribution in [0.3, 0.4) is 0 Å². The van der Waals surface area contributed by atoms with Gasteiger partial charge in [0, 0.05) is 19.3 Å². The molecule has 30 heavy (non-hydrogen) atoms. The maximum atomic E-state index is 11.6. The first-order chi connectivity index (χ1) is 14.1. The summed E-state index contributed by atoms with van der Waals surface area (Å²) in [4.78, 5) is 11.4. The molecule has 1 amide bonds. The molecule has 0 bridgehead atoms. The van der Waals surface area contributed by atoms with Gasteiger partial charge < -0.3 is 30.7 Å². The molecule has 0 heterocycles. The van der Waals surface area contributed by atoms with Gasteiger partial charge in [-0.15, -0.1) is 0 Å². The standard InChI is InChI=1S/C20H26N2O7S/c1-13-9-15(4-6-19(13)30(2,26)27)29-12-14(23)11-22-7-8-28-16-3-5-18(24)17(10-16)20(21)25/h3-6,9-10,14,22-24H,7-8,11-12H2,1-2H3,(H2,21,25). The average molecular weight is 439 g/mol. The lowest BCUT2D eigenvalue weighted by atomic mass is 10.2. The summed E-state index contributed by atoms with van der Waals surface area (Å²) in [6.45, 7) is 2.66. The molecular formula is C20H26N2O7S. The number of phenols is 1. The number of amides is 1. The molecule has 1 unspecified atom stereocenters. The summed E-state index contributed by atoms with van der Waals surface area (Å²) in [5.74, 6) is -0.0994. The van der Waals surface area contributed by atoms with Gasteiger partial charge >= 0.3 is 0 Å². The van der Waals surface area contributed by atoms with E-state index in [1.54, 1.807) is 19.1 Å². The summed E-state index contributed by atoms with van der Waals surface area (Å²) < 4.78 is 34.2. The summed E-state index contributed by atoms with van der Waals surface area (Å²) in [7, 11) is -3.29. The third-order valence-corrected chi connectivity index (χ3v) is 5.41. The molecule has 164 valence electrons. The van der Waals surface area contributed by atoms with E-state index in [-0.39, 0.29) is 36.0 Å². The first kappa shape index (κ1) is 23.5. The predicted molar refractivity (Wildman–Crippen MR) is 111 cm³/mol. The molecule has 0 aliphatic carbocycles. The molecular weight excluding hydrogens is 412 g/mol. The molecule has 10 heteroatoms. The zero-order chi connectivity index (χ0) is 22.3. The van der Waals surface area contributed by atoms with Gasteiger partial charge in [-0.25, -0.2) is 8.42 Å². The van der Waals surface area contributed by atoms with E-state index in [0.717, 1.165) is 6.26 Å². The van der Waals surface area contributed by atoms with Crippen molar-refractivity contribution in [2.45, 2.75) is 17.9 Å². The minimum atomic E-state index is -3.29. The van der Waals surface area contributed by atoms with E-state index in [2.05, 4.69) is 5.32 Å². The highest BCUT2D eigenvalue weighted by Gasteiger charge is 2.12. The van der Waals surface area contributed by atoms with E-state index in [4.69, 9.17) is 15.2 Å². The molecule has 0 saturated carbocycles. The van der Waals surface area contributed by atoms with Crippen molar-refractivity contribution in [1.29, 1.82) is 0 Å². The lowest BCUT2D eigenvalue weighted by Gasteiger charge is -2.14. The van der Waals surface area contributed by atoms with Crippen molar-refractivity contribution in [1.82, 2.24) is 5.32 Å². The molecule has 5 N–H and O–H groups in total. The molecule has 0 radical (unpaired) electrons. The molecule has 9 nitrogen and oxygen atoms in total. The van der Waals surface area contributed by atoms with Crippen molar-refractivity contribution >= 4 is 15.7 Å². The van der Waals surface area contributed by atoms with Gasteiger partial charge in [0.15, 0.2) is 9.84 Å². The van der Waals surface area contributed by atoms with Crippen molar-refractivity contribution in [3.8, 4) is 17.2 Å². The number of sulfone groups is 1. The predicted octanol–water partition coefficient (Wildman–Crippen LogP) is 0.611. The second-order valence-electron chi connectivity index (χ2n) is 6.76. The van der Waals surface area contributed by atoms with Gasteiger partial charge in [-0.05, 0) is 48.9 Å². The summed E-state index contributed by atoms with van der Waals surface area (Å²) in [5.41, 5.74) is 5.72. The molecule has 2 rings (SSSR count). The lowest BCUT2D eigenvalue weighted by Crippen LogP contribution is -2.33. The number of aliphatic hydroxyl groups is 1. The van der Waals surface area contributed by atoms with Crippen LogP contribution in [0.15, 0.2) is 41.3 Å². The normalized spacial score (nSPS) is 12.4. The fourth-order valence-corrected chi connectivity index (χ4v) is 3.65. The number of benzene rings is 2. The number of nitrogens with one attached hydrogen (secondary N) is 1. The molecule has 0 spiro atoms. The maximum Gasteiger partial charge on any atom is 0.252 e. The number of hydrogen-bond acceptors (Lipinski definition) is 8. The van der Waals surface area contributed by atoms with E-state index in [1.807, 2.05) is 0 Å². The van der Waals surface area contributed by atoms with Crippen LogP contribution < -0.4 is 20.5 Å². The van der Waals surface area contributed by atoms with Crippen molar-refractivity contribution in [3.63, 3.8) is 0 Å². The van der Waals surface area contributed by atoms with Crippen molar-refractivity contribution in [2.75, 3.05) is 32.6 Å². The second kappa shape index (κ2) is 10.3.